The maximum Gasteiger partial charge on any atom is 0.307 e. The van der Waals surface area contributed by atoms with E-state index in [0.717, 1.165) is 60.5 Å². The molecule has 2 aromatic heterocycles. The van der Waals surface area contributed by atoms with Crippen molar-refractivity contribution in [3.8, 4) is 11.5 Å². The first kappa shape index (κ1) is 30.8. The van der Waals surface area contributed by atoms with E-state index in [1.807, 2.05) is 42.5 Å². The minimum atomic E-state index is -0.829. The van der Waals surface area contributed by atoms with Crippen molar-refractivity contribution in [3.05, 3.63) is 114 Å². The van der Waals surface area contributed by atoms with Crippen LogP contribution in [0.1, 0.15) is 48.2 Å². The van der Waals surface area contributed by atoms with Crippen LogP contribution in [0.2, 0.25) is 0 Å². The molecule has 43 heavy (non-hydrogen) atoms. The molecule has 0 aliphatic rings. The topological polar surface area (TPSA) is 126 Å². The summed E-state index contributed by atoms with van der Waals surface area (Å²) >= 11 is 0. The number of nitrogens with zero attached hydrogens (tertiary/aromatic N) is 3. The largest absolute Gasteiger partial charge is 0.494 e. The first-order chi connectivity index (χ1) is 21.1. The summed E-state index contributed by atoms with van der Waals surface area (Å²) in [5.74, 6) is 1.73. The third-order valence-electron chi connectivity index (χ3n) is 6.54. The Hall–Kier alpha value is -5.18. The van der Waals surface area contributed by atoms with Crippen LogP contribution in [-0.4, -0.2) is 49.9 Å². The van der Waals surface area contributed by atoms with Gasteiger partial charge in [-0.3, -0.25) is 4.79 Å². The molecular formula is C34H37N5O4. The number of carbonyl (C=O) groups is 1. The lowest BCUT2D eigenvalue weighted by molar-refractivity contribution is -0.135. The van der Waals surface area contributed by atoms with Crippen molar-refractivity contribution < 1.29 is 19.4 Å². The summed E-state index contributed by atoms with van der Waals surface area (Å²) in [5, 5.41) is 23.3. The second-order valence-corrected chi connectivity index (χ2v) is 9.77. The van der Waals surface area contributed by atoms with E-state index in [9.17, 15) is 4.79 Å². The molecule has 0 fully saturated rings. The molecule has 0 amide bonds. The summed E-state index contributed by atoms with van der Waals surface area (Å²) in [6.07, 6.45) is 12.5. The normalized spacial score (nSPS) is 10.8. The highest BCUT2D eigenvalue weighted by Crippen LogP contribution is 2.25. The Labute approximate surface area is 251 Å². The predicted molar refractivity (Wildman–Crippen MR) is 169 cm³/mol. The summed E-state index contributed by atoms with van der Waals surface area (Å²) in [4.78, 5) is 13.0. The SMILES string of the molecule is C(=C\c1cccc2c(CCCc3nn[nH]n3)c[nH]c12)/c1ccc(OCCCCOc2ccccc2)cc1.C=CCC(=O)O. The van der Waals surface area contributed by atoms with Crippen LogP contribution in [0.4, 0.5) is 0 Å². The first-order valence-electron chi connectivity index (χ1n) is 14.3. The molecule has 5 rings (SSSR count). The molecule has 0 unspecified atom stereocenters. The summed E-state index contributed by atoms with van der Waals surface area (Å²) in [6.45, 7) is 4.60. The zero-order valence-corrected chi connectivity index (χ0v) is 24.1. The zero-order chi connectivity index (χ0) is 30.1. The number of unbranched alkanes of at least 4 members (excludes halogenated alkanes) is 1. The van der Waals surface area contributed by atoms with Crippen molar-refractivity contribution in [1.82, 2.24) is 25.6 Å². The van der Waals surface area contributed by atoms with Gasteiger partial charge in [0.05, 0.1) is 25.2 Å². The number of ether oxygens (including phenoxy) is 2. The number of H-pyrrole nitrogens is 2. The Bertz CT molecular complexity index is 1560. The molecule has 0 aliphatic carbocycles. The molecule has 0 spiro atoms. The fraction of sp³-hybridized carbons (Fsp3) is 0.235. The average Bonchev–Trinajstić information content (AvgIpc) is 3.70. The van der Waals surface area contributed by atoms with Crippen molar-refractivity contribution in [2.24, 2.45) is 0 Å². The Kier molecular flexibility index (Phi) is 12.1. The van der Waals surface area contributed by atoms with Crippen molar-refractivity contribution >= 4 is 29.0 Å². The quantitative estimate of drug-likeness (QED) is 0.0699. The number of aliphatic carboxylic acids is 1. The molecule has 0 saturated carbocycles. The highest BCUT2D eigenvalue weighted by Gasteiger charge is 2.07. The monoisotopic (exact) mass is 579 g/mol. The zero-order valence-electron chi connectivity index (χ0n) is 24.1. The van der Waals surface area contributed by atoms with Gasteiger partial charge in [-0.2, -0.15) is 5.21 Å². The number of rotatable bonds is 15. The van der Waals surface area contributed by atoms with Crippen molar-refractivity contribution in [2.75, 3.05) is 13.2 Å². The maximum atomic E-state index is 9.53. The molecule has 9 nitrogen and oxygen atoms in total. The number of carboxylic acids is 1. The van der Waals surface area contributed by atoms with Gasteiger partial charge in [0.2, 0.25) is 0 Å². The Balaban J connectivity index is 0.000000641. The van der Waals surface area contributed by atoms with Crippen molar-refractivity contribution in [2.45, 2.75) is 38.5 Å². The number of tetrazole rings is 1. The molecule has 2 heterocycles. The molecule has 3 aromatic carbocycles. The van der Waals surface area contributed by atoms with Crippen LogP contribution in [0.5, 0.6) is 11.5 Å². The number of benzene rings is 3. The van der Waals surface area contributed by atoms with Gasteiger partial charge in [0.15, 0.2) is 5.82 Å². The van der Waals surface area contributed by atoms with Gasteiger partial charge in [0.25, 0.3) is 0 Å². The molecule has 0 bridgehead atoms. The van der Waals surface area contributed by atoms with Gasteiger partial charge in [-0.15, -0.1) is 16.8 Å². The van der Waals surface area contributed by atoms with E-state index in [0.29, 0.717) is 13.2 Å². The number of para-hydroxylation sites is 2. The summed E-state index contributed by atoms with van der Waals surface area (Å²) in [5.41, 5.74) is 4.76. The number of aromatic nitrogens is 5. The minimum absolute atomic E-state index is 0.0556. The summed E-state index contributed by atoms with van der Waals surface area (Å²) in [6, 6.07) is 24.6. The van der Waals surface area contributed by atoms with Crippen LogP contribution in [0.15, 0.2) is 91.6 Å². The second-order valence-electron chi connectivity index (χ2n) is 9.77. The van der Waals surface area contributed by atoms with E-state index in [-0.39, 0.29) is 6.42 Å². The Morgan fingerprint density at radius 2 is 1.60 bits per heavy atom. The molecule has 9 heteroatoms. The van der Waals surface area contributed by atoms with Gasteiger partial charge in [0, 0.05) is 18.0 Å². The summed E-state index contributed by atoms with van der Waals surface area (Å²) in [7, 11) is 0. The van der Waals surface area contributed by atoms with Gasteiger partial charge < -0.3 is 19.6 Å². The van der Waals surface area contributed by atoms with Crippen molar-refractivity contribution in [1.29, 1.82) is 0 Å². The second kappa shape index (κ2) is 16.9. The minimum Gasteiger partial charge on any atom is -0.494 e. The highest BCUT2D eigenvalue weighted by molar-refractivity contribution is 5.92. The third kappa shape index (κ3) is 10.3. The smallest absolute Gasteiger partial charge is 0.307 e. The number of hydrogen-bond acceptors (Lipinski definition) is 6. The molecule has 222 valence electrons. The lowest BCUT2D eigenvalue weighted by atomic mass is 10.0. The number of aromatic amines is 2. The lowest BCUT2D eigenvalue weighted by Crippen LogP contribution is -2.02. The van der Waals surface area contributed by atoms with Gasteiger partial charge >= 0.3 is 5.97 Å². The predicted octanol–water partition coefficient (Wildman–Crippen LogP) is 6.91. The van der Waals surface area contributed by atoms with E-state index in [1.54, 1.807) is 0 Å². The van der Waals surface area contributed by atoms with Crippen molar-refractivity contribution in [3.63, 3.8) is 0 Å². The molecule has 0 aliphatic heterocycles. The van der Waals surface area contributed by atoms with Crippen LogP contribution in [0.25, 0.3) is 23.1 Å². The molecule has 0 atom stereocenters. The van der Waals surface area contributed by atoms with Gasteiger partial charge in [-0.1, -0.05) is 72.0 Å². The van der Waals surface area contributed by atoms with Gasteiger partial charge in [-0.25, -0.2) is 0 Å². The molecule has 3 N–H and O–H groups in total. The van der Waals surface area contributed by atoms with E-state index in [4.69, 9.17) is 14.6 Å². The number of nitrogens with one attached hydrogen (secondary N) is 2. The summed E-state index contributed by atoms with van der Waals surface area (Å²) < 4.78 is 11.6. The molecule has 5 aromatic rings. The Morgan fingerprint density at radius 3 is 2.26 bits per heavy atom. The van der Waals surface area contributed by atoms with E-state index < -0.39 is 5.97 Å². The molecular weight excluding hydrogens is 542 g/mol. The van der Waals surface area contributed by atoms with Gasteiger partial charge in [0.1, 0.15) is 11.5 Å². The lowest BCUT2D eigenvalue weighted by Gasteiger charge is -2.08. The third-order valence-corrected chi connectivity index (χ3v) is 6.54. The van der Waals surface area contributed by atoms with Crippen LogP contribution in [-0.2, 0) is 17.6 Å². The van der Waals surface area contributed by atoms with E-state index >= 15 is 0 Å². The van der Waals surface area contributed by atoms with E-state index in [1.165, 1.54) is 22.6 Å². The first-order valence-corrected chi connectivity index (χ1v) is 14.3. The fourth-order valence-corrected chi connectivity index (χ4v) is 4.39. The average molecular weight is 580 g/mol. The Morgan fingerprint density at radius 1 is 0.860 bits per heavy atom. The van der Waals surface area contributed by atoms with Gasteiger partial charge in [-0.05, 0) is 66.6 Å². The standard InChI is InChI=1S/C30H31N5O2.C4H6O2/c1-2-10-26(11-3-1)36-20-4-5-21-37-27-18-15-23(16-19-27)14-17-24-8-6-12-28-25(22-31-30(24)28)9-7-13-29-32-34-35-33-29;1-2-3-4(5)6/h1-3,6,8,10-12,14-19,22,31H,4-5,7,9,13,20-21H2,(H,32,33,34,35);2H,1,3H2,(H,5,6)/b17-14+;. The fourth-order valence-electron chi connectivity index (χ4n) is 4.39. The van der Waals surface area contributed by atoms with Crippen LogP contribution in [0, 0.1) is 0 Å². The number of fused-ring (bicyclic) bond motifs is 1. The number of hydrogen-bond donors (Lipinski definition) is 3. The van der Waals surface area contributed by atoms with E-state index in [2.05, 4.69) is 80.9 Å². The maximum absolute atomic E-state index is 9.53. The molecule has 0 saturated heterocycles. The molecule has 0 radical (unpaired) electrons. The van der Waals surface area contributed by atoms with Crippen LogP contribution < -0.4 is 9.47 Å². The number of aryl methyl sites for hydroxylation is 2. The van der Waals surface area contributed by atoms with Crippen LogP contribution in [0.3, 0.4) is 0 Å². The highest BCUT2D eigenvalue weighted by atomic mass is 16.5. The number of carboxylic acid groups (broad SMARTS) is 1. The van der Waals surface area contributed by atoms with Crippen LogP contribution >= 0.6 is 0 Å².